The third-order valence-corrected chi connectivity index (χ3v) is 3.47. The van der Waals surface area contributed by atoms with Gasteiger partial charge in [0.15, 0.2) is 0 Å². The quantitative estimate of drug-likeness (QED) is 0.695. The number of aromatic nitrogens is 1. The summed E-state index contributed by atoms with van der Waals surface area (Å²) >= 11 is 0. The molecule has 6 heteroatoms. The second-order valence-electron chi connectivity index (χ2n) is 5.44. The van der Waals surface area contributed by atoms with Crippen LogP contribution < -0.4 is 15.4 Å². The molecule has 2 amide bonds. The first-order chi connectivity index (χ1) is 12.7. The fourth-order valence-electron chi connectivity index (χ4n) is 2.18. The van der Waals surface area contributed by atoms with E-state index in [4.69, 9.17) is 4.74 Å². The molecule has 0 bridgehead atoms. The lowest BCUT2D eigenvalue weighted by atomic mass is 10.3. The Morgan fingerprint density at radius 3 is 2.27 bits per heavy atom. The molecule has 0 spiro atoms. The van der Waals surface area contributed by atoms with Gasteiger partial charge in [-0.2, -0.15) is 0 Å². The van der Waals surface area contributed by atoms with Crippen LogP contribution >= 0.6 is 0 Å². The Morgan fingerprint density at radius 2 is 1.58 bits per heavy atom. The highest BCUT2D eigenvalue weighted by Gasteiger charge is 2.13. The van der Waals surface area contributed by atoms with Gasteiger partial charge in [-0.3, -0.25) is 14.6 Å². The number of nitrogens with zero attached hydrogens (tertiary/aromatic N) is 1. The summed E-state index contributed by atoms with van der Waals surface area (Å²) in [7, 11) is 0. The second-order valence-corrected chi connectivity index (χ2v) is 5.44. The van der Waals surface area contributed by atoms with Crippen LogP contribution in [-0.4, -0.2) is 16.8 Å². The molecule has 6 nitrogen and oxygen atoms in total. The Bertz CT molecular complexity index is 866. The van der Waals surface area contributed by atoms with E-state index in [1.807, 2.05) is 36.4 Å². The molecule has 1 heterocycles. The van der Waals surface area contributed by atoms with Crippen molar-refractivity contribution in [3.8, 4) is 11.5 Å². The maximum absolute atomic E-state index is 11.9. The predicted octanol–water partition coefficient (Wildman–Crippen LogP) is 3.13. The maximum atomic E-state index is 11.9. The number of rotatable bonds is 5. The molecule has 0 aliphatic heterocycles. The summed E-state index contributed by atoms with van der Waals surface area (Å²) in [6.45, 7) is 0.240. The zero-order valence-corrected chi connectivity index (χ0v) is 13.9. The third-order valence-electron chi connectivity index (χ3n) is 3.47. The van der Waals surface area contributed by atoms with Crippen molar-refractivity contribution in [1.29, 1.82) is 0 Å². The molecule has 0 atom stereocenters. The number of ether oxygens (including phenoxy) is 1. The summed E-state index contributed by atoms with van der Waals surface area (Å²) in [6, 6.07) is 19.7. The van der Waals surface area contributed by atoms with Crippen molar-refractivity contribution in [2.45, 2.75) is 6.54 Å². The average molecular weight is 347 g/mol. The van der Waals surface area contributed by atoms with Gasteiger partial charge >= 0.3 is 11.8 Å². The van der Waals surface area contributed by atoms with E-state index in [1.54, 1.807) is 42.7 Å². The molecule has 0 saturated carbocycles. The highest BCUT2D eigenvalue weighted by Crippen LogP contribution is 2.22. The van der Waals surface area contributed by atoms with Crippen molar-refractivity contribution in [3.05, 3.63) is 84.7 Å². The van der Waals surface area contributed by atoms with E-state index in [1.165, 1.54) is 0 Å². The van der Waals surface area contributed by atoms with E-state index in [0.717, 1.165) is 11.3 Å². The summed E-state index contributed by atoms with van der Waals surface area (Å²) in [6.07, 6.45) is 3.27. The first-order valence-electron chi connectivity index (χ1n) is 8.02. The Labute approximate surface area is 150 Å². The second kappa shape index (κ2) is 8.43. The lowest BCUT2D eigenvalue weighted by molar-refractivity contribution is -0.136. The van der Waals surface area contributed by atoms with Crippen LogP contribution in [-0.2, 0) is 16.1 Å². The molecule has 130 valence electrons. The molecular formula is C20H17N3O3. The number of hydrogen-bond acceptors (Lipinski definition) is 4. The van der Waals surface area contributed by atoms with Gasteiger partial charge in [-0.25, -0.2) is 0 Å². The van der Waals surface area contributed by atoms with Crippen LogP contribution in [0.15, 0.2) is 79.1 Å². The van der Waals surface area contributed by atoms with Gasteiger partial charge < -0.3 is 15.4 Å². The molecule has 0 aliphatic rings. The molecule has 0 aliphatic carbocycles. The van der Waals surface area contributed by atoms with E-state index >= 15 is 0 Å². The molecule has 26 heavy (non-hydrogen) atoms. The molecule has 3 aromatic rings. The maximum Gasteiger partial charge on any atom is 0.313 e. The number of pyridine rings is 1. The minimum Gasteiger partial charge on any atom is -0.457 e. The molecule has 3 rings (SSSR count). The minimum absolute atomic E-state index is 0.240. The van der Waals surface area contributed by atoms with Gasteiger partial charge in [0.2, 0.25) is 0 Å². The van der Waals surface area contributed by atoms with Crippen LogP contribution in [0, 0.1) is 0 Å². The molecular weight excluding hydrogens is 330 g/mol. The Hall–Kier alpha value is -3.67. The topological polar surface area (TPSA) is 80.3 Å². The highest BCUT2D eigenvalue weighted by atomic mass is 16.5. The SMILES string of the molecule is O=C(NCc1cccnc1)C(=O)Nc1ccc(Oc2ccccc2)cc1. The number of benzene rings is 2. The summed E-state index contributed by atoms with van der Waals surface area (Å²) in [4.78, 5) is 27.7. The number of amides is 2. The molecule has 0 fully saturated rings. The molecule has 0 saturated heterocycles. The third kappa shape index (κ3) is 4.91. The van der Waals surface area contributed by atoms with E-state index < -0.39 is 11.8 Å². The van der Waals surface area contributed by atoms with Crippen molar-refractivity contribution in [2.24, 2.45) is 0 Å². The van der Waals surface area contributed by atoms with E-state index in [-0.39, 0.29) is 6.54 Å². The minimum atomic E-state index is -0.731. The number of para-hydroxylation sites is 1. The molecule has 2 aromatic carbocycles. The van der Waals surface area contributed by atoms with Crippen LogP contribution in [0.2, 0.25) is 0 Å². The monoisotopic (exact) mass is 347 g/mol. The lowest BCUT2D eigenvalue weighted by Crippen LogP contribution is -2.34. The van der Waals surface area contributed by atoms with Crippen LogP contribution in [0.1, 0.15) is 5.56 Å². The van der Waals surface area contributed by atoms with Gasteiger partial charge in [-0.1, -0.05) is 24.3 Å². The fourth-order valence-corrected chi connectivity index (χ4v) is 2.18. The standard InChI is InChI=1S/C20H17N3O3/c24-19(22-14-15-5-4-12-21-13-15)20(25)23-16-8-10-18(11-9-16)26-17-6-2-1-3-7-17/h1-13H,14H2,(H,22,24)(H,23,25). The summed E-state index contributed by atoms with van der Waals surface area (Å²) in [5, 5.41) is 5.09. The van der Waals surface area contributed by atoms with Gasteiger partial charge in [0, 0.05) is 24.6 Å². The smallest absolute Gasteiger partial charge is 0.313 e. The van der Waals surface area contributed by atoms with Crippen LogP contribution in [0.25, 0.3) is 0 Å². The number of nitrogens with one attached hydrogen (secondary N) is 2. The zero-order valence-electron chi connectivity index (χ0n) is 13.9. The van der Waals surface area contributed by atoms with Crippen molar-refractivity contribution < 1.29 is 14.3 Å². The summed E-state index contributed by atoms with van der Waals surface area (Å²) in [5.74, 6) is -0.0848. The Morgan fingerprint density at radius 1 is 0.846 bits per heavy atom. The molecule has 2 N–H and O–H groups in total. The van der Waals surface area contributed by atoms with Crippen LogP contribution in [0.4, 0.5) is 5.69 Å². The average Bonchev–Trinajstić information content (AvgIpc) is 2.69. The first-order valence-corrected chi connectivity index (χ1v) is 8.02. The summed E-state index contributed by atoms with van der Waals surface area (Å²) in [5.41, 5.74) is 1.32. The first kappa shape index (κ1) is 17.2. The predicted molar refractivity (Wildman–Crippen MR) is 97.7 cm³/mol. The molecule has 1 aromatic heterocycles. The normalized spacial score (nSPS) is 10.0. The van der Waals surface area contributed by atoms with Crippen molar-refractivity contribution in [2.75, 3.05) is 5.32 Å². The largest absolute Gasteiger partial charge is 0.457 e. The van der Waals surface area contributed by atoms with Gasteiger partial charge in [0.1, 0.15) is 11.5 Å². The zero-order chi connectivity index (χ0) is 18.2. The molecule has 0 radical (unpaired) electrons. The fraction of sp³-hybridized carbons (Fsp3) is 0.0500. The van der Waals surface area contributed by atoms with Gasteiger partial charge in [0.05, 0.1) is 0 Å². The number of carbonyl (C=O) groups is 2. The van der Waals surface area contributed by atoms with Gasteiger partial charge in [-0.05, 0) is 48.0 Å². The summed E-state index contributed by atoms with van der Waals surface area (Å²) < 4.78 is 5.68. The van der Waals surface area contributed by atoms with Crippen LogP contribution in [0.3, 0.4) is 0 Å². The van der Waals surface area contributed by atoms with Gasteiger partial charge in [-0.15, -0.1) is 0 Å². The van der Waals surface area contributed by atoms with E-state index in [0.29, 0.717) is 11.4 Å². The number of anilines is 1. The van der Waals surface area contributed by atoms with E-state index in [9.17, 15) is 9.59 Å². The lowest BCUT2D eigenvalue weighted by Gasteiger charge is -2.08. The molecule has 0 unspecified atom stereocenters. The van der Waals surface area contributed by atoms with Crippen molar-refractivity contribution >= 4 is 17.5 Å². The Balaban J connectivity index is 1.51. The Kier molecular flexibility index (Phi) is 5.57. The van der Waals surface area contributed by atoms with Crippen LogP contribution in [0.5, 0.6) is 11.5 Å². The van der Waals surface area contributed by atoms with Crippen molar-refractivity contribution in [1.82, 2.24) is 10.3 Å². The highest BCUT2D eigenvalue weighted by molar-refractivity contribution is 6.39. The van der Waals surface area contributed by atoms with Gasteiger partial charge in [0.25, 0.3) is 0 Å². The number of carbonyl (C=O) groups excluding carboxylic acids is 2. The number of hydrogen-bond donors (Lipinski definition) is 2. The van der Waals surface area contributed by atoms with Crippen molar-refractivity contribution in [3.63, 3.8) is 0 Å². The van der Waals surface area contributed by atoms with E-state index in [2.05, 4.69) is 15.6 Å².